The van der Waals surface area contributed by atoms with Crippen LogP contribution in [0, 0.1) is 5.41 Å². The van der Waals surface area contributed by atoms with E-state index < -0.39 is 0 Å². The van der Waals surface area contributed by atoms with Crippen molar-refractivity contribution < 1.29 is 9.53 Å². The van der Waals surface area contributed by atoms with Gasteiger partial charge in [0.25, 0.3) is 0 Å². The largest absolute Gasteiger partial charge is 0.496 e. The lowest BCUT2D eigenvalue weighted by atomic mass is 9.84. The molecule has 5 heteroatoms. The van der Waals surface area contributed by atoms with Gasteiger partial charge in [0, 0.05) is 25.7 Å². The Morgan fingerprint density at radius 2 is 1.95 bits per heavy atom. The monoisotopic (exact) mass is 312 g/mol. The zero-order chi connectivity index (χ0) is 14.6. The second-order valence-corrected chi connectivity index (χ2v) is 5.66. The molecule has 0 heterocycles. The molecule has 1 aromatic carbocycles. The highest BCUT2D eigenvalue weighted by atomic mass is 35.5. The molecular formula is C16H25ClN2O2. The molecule has 0 aliphatic heterocycles. The van der Waals surface area contributed by atoms with Crippen molar-refractivity contribution in [3.05, 3.63) is 29.8 Å². The molecule has 0 unspecified atom stereocenters. The van der Waals surface area contributed by atoms with Crippen LogP contribution in [0.25, 0.3) is 0 Å². The first-order chi connectivity index (χ1) is 9.63. The Labute approximate surface area is 133 Å². The van der Waals surface area contributed by atoms with Gasteiger partial charge in [-0.2, -0.15) is 0 Å². The molecule has 0 saturated heterocycles. The summed E-state index contributed by atoms with van der Waals surface area (Å²) in [6, 6.07) is 7.81. The van der Waals surface area contributed by atoms with E-state index in [9.17, 15) is 4.79 Å². The third-order valence-electron chi connectivity index (χ3n) is 4.35. The van der Waals surface area contributed by atoms with Crippen molar-refractivity contribution in [3.63, 3.8) is 0 Å². The van der Waals surface area contributed by atoms with E-state index in [-0.39, 0.29) is 23.7 Å². The Bertz CT molecular complexity index is 473. The second kappa shape index (κ2) is 7.66. The van der Waals surface area contributed by atoms with Crippen LogP contribution in [0.1, 0.15) is 31.2 Å². The Hall–Kier alpha value is -1.26. The molecule has 4 nitrogen and oxygen atoms in total. The van der Waals surface area contributed by atoms with Crippen LogP contribution in [0.5, 0.6) is 5.75 Å². The molecule has 1 aliphatic rings. The molecule has 2 N–H and O–H groups in total. The SMILES string of the molecule is COc1ccccc1CN(C)C(=O)C1(CN)CCCC1.Cl. The van der Waals surface area contributed by atoms with Crippen molar-refractivity contribution >= 4 is 18.3 Å². The van der Waals surface area contributed by atoms with Gasteiger partial charge < -0.3 is 15.4 Å². The summed E-state index contributed by atoms with van der Waals surface area (Å²) in [5.41, 5.74) is 6.57. The smallest absolute Gasteiger partial charge is 0.230 e. The average Bonchev–Trinajstić information content (AvgIpc) is 2.97. The molecule has 1 saturated carbocycles. The fourth-order valence-electron chi connectivity index (χ4n) is 3.12. The number of carbonyl (C=O) groups is 1. The standard InChI is InChI=1S/C16H24N2O2.ClH/c1-18(11-13-7-3-4-8-14(13)20-2)15(19)16(12-17)9-5-6-10-16;/h3-4,7-8H,5-6,9-12,17H2,1-2H3;1H. The van der Waals surface area contributed by atoms with Crippen LogP contribution in [-0.4, -0.2) is 31.5 Å². The van der Waals surface area contributed by atoms with Gasteiger partial charge in [-0.05, 0) is 18.9 Å². The van der Waals surface area contributed by atoms with Crippen molar-refractivity contribution in [2.75, 3.05) is 20.7 Å². The van der Waals surface area contributed by atoms with E-state index in [1.807, 2.05) is 31.3 Å². The Morgan fingerprint density at radius 1 is 1.33 bits per heavy atom. The number of nitrogens with two attached hydrogens (primary N) is 1. The van der Waals surface area contributed by atoms with Gasteiger partial charge in [0.2, 0.25) is 5.91 Å². The Morgan fingerprint density at radius 3 is 2.52 bits per heavy atom. The van der Waals surface area contributed by atoms with Crippen LogP contribution < -0.4 is 10.5 Å². The van der Waals surface area contributed by atoms with Gasteiger partial charge in [-0.3, -0.25) is 4.79 Å². The van der Waals surface area contributed by atoms with E-state index in [2.05, 4.69) is 0 Å². The molecule has 0 spiro atoms. The lowest BCUT2D eigenvalue weighted by Crippen LogP contribution is -2.44. The normalized spacial score (nSPS) is 16.1. The highest BCUT2D eigenvalue weighted by Crippen LogP contribution is 2.39. The Balaban J connectivity index is 0.00000220. The molecule has 0 radical (unpaired) electrons. The summed E-state index contributed by atoms with van der Waals surface area (Å²) in [6.45, 7) is 1.01. The molecule has 1 amide bonds. The van der Waals surface area contributed by atoms with E-state index in [0.29, 0.717) is 13.1 Å². The van der Waals surface area contributed by atoms with Gasteiger partial charge in [0.05, 0.1) is 12.5 Å². The van der Waals surface area contributed by atoms with Crippen LogP contribution in [-0.2, 0) is 11.3 Å². The summed E-state index contributed by atoms with van der Waals surface area (Å²) in [6.07, 6.45) is 4.04. The van der Waals surface area contributed by atoms with Crippen molar-refractivity contribution in [1.82, 2.24) is 4.90 Å². The van der Waals surface area contributed by atoms with E-state index >= 15 is 0 Å². The van der Waals surface area contributed by atoms with Crippen LogP contribution in [0.4, 0.5) is 0 Å². The molecule has 2 rings (SSSR count). The van der Waals surface area contributed by atoms with E-state index in [4.69, 9.17) is 10.5 Å². The first-order valence-electron chi connectivity index (χ1n) is 7.20. The average molecular weight is 313 g/mol. The van der Waals surface area contributed by atoms with Gasteiger partial charge >= 0.3 is 0 Å². The lowest BCUT2D eigenvalue weighted by Gasteiger charge is -2.31. The molecule has 0 bridgehead atoms. The van der Waals surface area contributed by atoms with Crippen molar-refractivity contribution in [2.45, 2.75) is 32.2 Å². The molecule has 118 valence electrons. The number of nitrogens with zero attached hydrogens (tertiary/aromatic N) is 1. The highest BCUT2D eigenvalue weighted by molar-refractivity contribution is 5.85. The number of carbonyl (C=O) groups excluding carboxylic acids is 1. The van der Waals surface area contributed by atoms with Gasteiger partial charge in [-0.15, -0.1) is 12.4 Å². The van der Waals surface area contributed by atoms with Gasteiger partial charge in [0.15, 0.2) is 0 Å². The summed E-state index contributed by atoms with van der Waals surface area (Å²) >= 11 is 0. The van der Waals surface area contributed by atoms with Gasteiger partial charge in [-0.1, -0.05) is 31.0 Å². The number of amides is 1. The van der Waals surface area contributed by atoms with Crippen LogP contribution in [0.15, 0.2) is 24.3 Å². The first-order valence-corrected chi connectivity index (χ1v) is 7.20. The van der Waals surface area contributed by atoms with Crippen molar-refractivity contribution in [1.29, 1.82) is 0 Å². The number of hydrogen-bond donors (Lipinski definition) is 1. The van der Waals surface area contributed by atoms with Crippen molar-refractivity contribution in [2.24, 2.45) is 11.1 Å². The fourth-order valence-corrected chi connectivity index (χ4v) is 3.12. The fraction of sp³-hybridized carbons (Fsp3) is 0.562. The van der Waals surface area contributed by atoms with Crippen LogP contribution in [0.2, 0.25) is 0 Å². The summed E-state index contributed by atoms with van der Waals surface area (Å²) in [5, 5.41) is 0. The minimum Gasteiger partial charge on any atom is -0.496 e. The topological polar surface area (TPSA) is 55.6 Å². The summed E-state index contributed by atoms with van der Waals surface area (Å²) < 4.78 is 5.34. The lowest BCUT2D eigenvalue weighted by molar-refractivity contribution is -0.140. The molecule has 1 aliphatic carbocycles. The predicted octanol–water partition coefficient (Wildman–Crippen LogP) is 2.59. The number of benzene rings is 1. The maximum atomic E-state index is 12.7. The van der Waals surface area contributed by atoms with Crippen LogP contribution >= 0.6 is 12.4 Å². The quantitative estimate of drug-likeness (QED) is 0.909. The molecule has 1 fully saturated rings. The second-order valence-electron chi connectivity index (χ2n) is 5.66. The van der Waals surface area contributed by atoms with Crippen molar-refractivity contribution in [3.8, 4) is 5.75 Å². The number of halogens is 1. The Kier molecular flexibility index (Phi) is 6.49. The highest BCUT2D eigenvalue weighted by Gasteiger charge is 2.41. The number of para-hydroxylation sites is 1. The summed E-state index contributed by atoms with van der Waals surface area (Å²) in [5.74, 6) is 0.990. The maximum absolute atomic E-state index is 12.7. The predicted molar refractivity (Wildman–Crippen MR) is 86.7 cm³/mol. The summed E-state index contributed by atoms with van der Waals surface area (Å²) in [7, 11) is 3.50. The maximum Gasteiger partial charge on any atom is 0.230 e. The van der Waals surface area contributed by atoms with E-state index in [0.717, 1.165) is 37.0 Å². The number of ether oxygens (including phenoxy) is 1. The molecule has 0 aromatic heterocycles. The number of hydrogen-bond acceptors (Lipinski definition) is 3. The zero-order valence-electron chi connectivity index (χ0n) is 12.8. The van der Waals surface area contributed by atoms with Gasteiger partial charge in [0.1, 0.15) is 5.75 Å². The molecule has 1 aromatic rings. The van der Waals surface area contributed by atoms with Crippen LogP contribution in [0.3, 0.4) is 0 Å². The first kappa shape index (κ1) is 17.8. The molecule has 0 atom stereocenters. The van der Waals surface area contributed by atoms with E-state index in [1.54, 1.807) is 12.0 Å². The minimum atomic E-state index is -0.337. The van der Waals surface area contributed by atoms with E-state index in [1.165, 1.54) is 0 Å². The number of methoxy groups -OCH3 is 1. The molecular weight excluding hydrogens is 288 g/mol. The minimum absolute atomic E-state index is 0. The third kappa shape index (κ3) is 3.69. The zero-order valence-corrected chi connectivity index (χ0v) is 13.6. The van der Waals surface area contributed by atoms with Gasteiger partial charge in [-0.25, -0.2) is 0 Å². The summed E-state index contributed by atoms with van der Waals surface area (Å²) in [4.78, 5) is 14.5. The third-order valence-corrected chi connectivity index (χ3v) is 4.35. The number of rotatable bonds is 5. The molecule has 21 heavy (non-hydrogen) atoms.